The summed E-state index contributed by atoms with van der Waals surface area (Å²) in [5.41, 5.74) is 2.18. The first kappa shape index (κ1) is 31.9. The van der Waals surface area contributed by atoms with Gasteiger partial charge in [-0.2, -0.15) is 0 Å². The molecule has 0 radical (unpaired) electrons. The summed E-state index contributed by atoms with van der Waals surface area (Å²) in [6.07, 6.45) is 1.49. The third kappa shape index (κ3) is 8.80. The molecular formula is C33H25Cl2N5O3S2. The minimum atomic E-state index is -0.567. The number of carbonyl (C=O) groups is 3. The van der Waals surface area contributed by atoms with E-state index in [0.717, 1.165) is 15.5 Å². The van der Waals surface area contributed by atoms with Gasteiger partial charge in [0.25, 0.3) is 11.8 Å². The fourth-order valence-corrected chi connectivity index (χ4v) is 6.17. The molecule has 0 saturated heterocycles. The van der Waals surface area contributed by atoms with Gasteiger partial charge < -0.3 is 10.6 Å². The van der Waals surface area contributed by atoms with Gasteiger partial charge in [0.15, 0.2) is 0 Å². The number of hydrogen-bond donors (Lipinski definition) is 3. The van der Waals surface area contributed by atoms with Gasteiger partial charge in [-0.1, -0.05) is 89.1 Å². The Morgan fingerprint density at radius 3 is 2.18 bits per heavy atom. The van der Waals surface area contributed by atoms with E-state index in [1.807, 2.05) is 37.3 Å². The standard InChI is InChI=1S/C33H25Cl2N5O3S2/c1-20-39-40-33(44-20)38-32(43)29(21-8-4-2-5-9-21)45-26-16-14-25(15-17-26)36-31(42)28(18-23-12-13-24(34)19-27(23)35)37-30(41)22-10-6-3-7-11-22/h2-19,29H,1H3,(H,36,42)(H,37,41)(H,38,40,43)/b28-18-. The Hall–Kier alpha value is -4.48. The van der Waals surface area contributed by atoms with Gasteiger partial charge in [0.05, 0.1) is 0 Å². The number of anilines is 2. The Morgan fingerprint density at radius 1 is 0.844 bits per heavy atom. The van der Waals surface area contributed by atoms with E-state index in [9.17, 15) is 14.4 Å². The molecule has 8 nitrogen and oxygen atoms in total. The topological polar surface area (TPSA) is 113 Å². The maximum absolute atomic E-state index is 13.4. The lowest BCUT2D eigenvalue weighted by Crippen LogP contribution is -2.30. The van der Waals surface area contributed by atoms with Gasteiger partial charge in [-0.15, -0.1) is 22.0 Å². The van der Waals surface area contributed by atoms with Crippen molar-refractivity contribution in [2.24, 2.45) is 0 Å². The molecule has 45 heavy (non-hydrogen) atoms. The van der Waals surface area contributed by atoms with Crippen LogP contribution in [0.15, 0.2) is 114 Å². The molecule has 0 fully saturated rings. The average Bonchev–Trinajstić information content (AvgIpc) is 3.46. The SMILES string of the molecule is Cc1nnc(NC(=O)C(Sc2ccc(NC(=O)/C(=C/c3ccc(Cl)cc3Cl)NC(=O)c3ccccc3)cc2)c2ccccc2)s1. The highest BCUT2D eigenvalue weighted by Gasteiger charge is 2.23. The summed E-state index contributed by atoms with van der Waals surface area (Å²) in [4.78, 5) is 40.5. The number of rotatable bonds is 10. The van der Waals surface area contributed by atoms with Crippen molar-refractivity contribution in [3.63, 3.8) is 0 Å². The lowest BCUT2D eigenvalue weighted by atomic mass is 10.1. The maximum atomic E-state index is 13.4. The number of carbonyl (C=O) groups excluding carboxylic acids is 3. The van der Waals surface area contributed by atoms with Crippen molar-refractivity contribution in [2.45, 2.75) is 17.1 Å². The maximum Gasteiger partial charge on any atom is 0.272 e. The smallest absolute Gasteiger partial charge is 0.272 e. The second-order valence-corrected chi connectivity index (χ2v) is 12.8. The molecule has 0 spiro atoms. The van der Waals surface area contributed by atoms with Crippen LogP contribution in [0.1, 0.15) is 31.7 Å². The van der Waals surface area contributed by atoms with Crippen molar-refractivity contribution < 1.29 is 14.4 Å². The third-order valence-corrected chi connectivity index (χ3v) is 8.84. The normalized spacial score (nSPS) is 11.8. The van der Waals surface area contributed by atoms with Crippen molar-refractivity contribution in [2.75, 3.05) is 10.6 Å². The van der Waals surface area contributed by atoms with Gasteiger partial charge in [0.1, 0.15) is 16.0 Å². The fourth-order valence-electron chi connectivity index (χ4n) is 4.09. The molecule has 0 aliphatic carbocycles. The monoisotopic (exact) mass is 673 g/mol. The van der Waals surface area contributed by atoms with Gasteiger partial charge in [0.2, 0.25) is 11.0 Å². The first-order chi connectivity index (χ1) is 21.7. The Balaban J connectivity index is 1.34. The van der Waals surface area contributed by atoms with E-state index in [1.165, 1.54) is 29.2 Å². The molecular weight excluding hydrogens is 649 g/mol. The lowest BCUT2D eigenvalue weighted by Gasteiger charge is -2.16. The average molecular weight is 675 g/mol. The van der Waals surface area contributed by atoms with Crippen LogP contribution in [-0.4, -0.2) is 27.9 Å². The molecule has 0 aliphatic heterocycles. The first-order valence-corrected chi connectivity index (χ1v) is 16.0. The largest absolute Gasteiger partial charge is 0.321 e. The fraction of sp³-hybridized carbons (Fsp3) is 0.0606. The Labute approximate surface area is 277 Å². The number of hydrogen-bond acceptors (Lipinski definition) is 7. The summed E-state index contributed by atoms with van der Waals surface area (Å²) in [6, 6.07) is 29.9. The first-order valence-electron chi connectivity index (χ1n) is 13.5. The summed E-state index contributed by atoms with van der Waals surface area (Å²) in [5.74, 6) is -1.24. The Morgan fingerprint density at radius 2 is 1.53 bits per heavy atom. The molecule has 1 heterocycles. The molecule has 0 aliphatic rings. The second kappa shape index (κ2) is 15.0. The van der Waals surface area contributed by atoms with E-state index in [2.05, 4.69) is 26.1 Å². The number of halogens is 2. The molecule has 3 amide bonds. The number of benzene rings is 4. The summed E-state index contributed by atoms with van der Waals surface area (Å²) < 4.78 is 0. The van der Waals surface area contributed by atoms with Crippen LogP contribution in [0.3, 0.4) is 0 Å². The number of amides is 3. The highest BCUT2D eigenvalue weighted by molar-refractivity contribution is 8.00. The molecule has 1 atom stereocenters. The van der Waals surface area contributed by atoms with Crippen LogP contribution in [-0.2, 0) is 9.59 Å². The van der Waals surface area contributed by atoms with Gasteiger partial charge in [-0.3, -0.25) is 19.7 Å². The summed E-state index contributed by atoms with van der Waals surface area (Å²) in [6.45, 7) is 1.82. The molecule has 1 aromatic heterocycles. The zero-order chi connectivity index (χ0) is 31.8. The predicted octanol–water partition coefficient (Wildman–Crippen LogP) is 8.04. The number of aromatic nitrogens is 2. The van der Waals surface area contributed by atoms with Crippen molar-refractivity contribution in [3.05, 3.63) is 141 Å². The molecule has 5 rings (SSSR count). The van der Waals surface area contributed by atoms with Gasteiger partial charge in [0, 0.05) is 26.2 Å². The zero-order valence-electron chi connectivity index (χ0n) is 23.7. The van der Waals surface area contributed by atoms with E-state index in [-0.39, 0.29) is 11.6 Å². The van der Waals surface area contributed by atoms with Crippen molar-refractivity contribution >= 4 is 80.9 Å². The van der Waals surface area contributed by atoms with E-state index < -0.39 is 17.1 Å². The summed E-state index contributed by atoms with van der Waals surface area (Å²) in [5, 5.41) is 17.7. The predicted molar refractivity (Wildman–Crippen MR) is 182 cm³/mol. The van der Waals surface area contributed by atoms with Crippen LogP contribution in [0.2, 0.25) is 10.0 Å². The summed E-state index contributed by atoms with van der Waals surface area (Å²) >= 11 is 15.1. The van der Waals surface area contributed by atoms with Crippen LogP contribution >= 0.6 is 46.3 Å². The highest BCUT2D eigenvalue weighted by Crippen LogP contribution is 2.37. The van der Waals surface area contributed by atoms with E-state index in [0.29, 0.717) is 32.0 Å². The zero-order valence-corrected chi connectivity index (χ0v) is 26.8. The van der Waals surface area contributed by atoms with E-state index >= 15 is 0 Å². The minimum Gasteiger partial charge on any atom is -0.321 e. The van der Waals surface area contributed by atoms with Crippen LogP contribution in [0.25, 0.3) is 6.08 Å². The quantitative estimate of drug-likeness (QED) is 0.102. The molecule has 1 unspecified atom stereocenters. The number of nitrogens with zero attached hydrogens (tertiary/aromatic N) is 2. The molecule has 3 N–H and O–H groups in total. The van der Waals surface area contributed by atoms with Crippen molar-refractivity contribution in [1.29, 1.82) is 0 Å². The number of nitrogens with one attached hydrogen (secondary N) is 3. The van der Waals surface area contributed by atoms with Crippen LogP contribution in [0.5, 0.6) is 0 Å². The molecule has 5 aromatic rings. The van der Waals surface area contributed by atoms with Crippen LogP contribution < -0.4 is 16.0 Å². The number of thioether (sulfide) groups is 1. The van der Waals surface area contributed by atoms with Crippen LogP contribution in [0.4, 0.5) is 10.8 Å². The van der Waals surface area contributed by atoms with Crippen LogP contribution in [0, 0.1) is 6.92 Å². The molecule has 4 aromatic carbocycles. The third-order valence-electron chi connectivity index (χ3n) is 6.25. The second-order valence-electron chi connectivity index (χ2n) is 9.55. The Bertz CT molecular complexity index is 1850. The van der Waals surface area contributed by atoms with Gasteiger partial charge in [-0.25, -0.2) is 0 Å². The van der Waals surface area contributed by atoms with E-state index in [4.69, 9.17) is 23.2 Å². The van der Waals surface area contributed by atoms with E-state index in [1.54, 1.807) is 72.8 Å². The van der Waals surface area contributed by atoms with Crippen molar-refractivity contribution in [3.8, 4) is 0 Å². The highest BCUT2D eigenvalue weighted by atomic mass is 35.5. The van der Waals surface area contributed by atoms with Gasteiger partial charge >= 0.3 is 0 Å². The molecule has 12 heteroatoms. The molecule has 0 bridgehead atoms. The lowest BCUT2D eigenvalue weighted by molar-refractivity contribution is -0.116. The van der Waals surface area contributed by atoms with Gasteiger partial charge in [-0.05, 0) is 72.7 Å². The Kier molecular flexibility index (Phi) is 10.6. The minimum absolute atomic E-state index is 0.0146. The van der Waals surface area contributed by atoms with Crippen molar-refractivity contribution in [1.82, 2.24) is 15.5 Å². The summed E-state index contributed by atoms with van der Waals surface area (Å²) in [7, 11) is 0. The molecule has 226 valence electrons. The molecule has 0 saturated carbocycles. The number of aryl methyl sites for hydroxylation is 1.